The van der Waals surface area contributed by atoms with Gasteiger partial charge in [-0.05, 0) is 130 Å². The molecule has 5 heteroatoms. The summed E-state index contributed by atoms with van der Waals surface area (Å²) in [6, 6.07) is 12.6. The van der Waals surface area contributed by atoms with E-state index in [0.29, 0.717) is 0 Å². The Bertz CT molecular complexity index is 819. The lowest BCUT2D eigenvalue weighted by molar-refractivity contribution is -0.147. The monoisotopic (exact) mass is 590 g/mol. The van der Waals surface area contributed by atoms with Gasteiger partial charge >= 0.3 is 5.97 Å². The molecule has 0 aliphatic heterocycles. The molecule has 0 spiro atoms. The van der Waals surface area contributed by atoms with Crippen molar-refractivity contribution in [2.75, 3.05) is 0 Å². The number of aliphatic hydroxyl groups excluding tert-OH is 1. The third-order valence-electron chi connectivity index (χ3n) is 5.06. The predicted octanol–water partition coefficient (Wildman–Crippen LogP) is 5.89. The first-order valence-electron chi connectivity index (χ1n) is 9.36. The van der Waals surface area contributed by atoms with E-state index < -0.39 is 0 Å². The SMILES string of the molecule is CC(=O)OC1CCCc2cc(I)ccc21.OC1CCCc2cc(I)ccc21. The molecule has 2 aromatic carbocycles. The zero-order valence-corrected chi connectivity index (χ0v) is 19.7. The highest BCUT2D eigenvalue weighted by atomic mass is 127. The van der Waals surface area contributed by atoms with Gasteiger partial charge in [0.05, 0.1) is 6.10 Å². The fourth-order valence-electron chi connectivity index (χ4n) is 3.82. The number of aryl methyl sites for hydroxylation is 2. The molecule has 3 nitrogen and oxygen atoms in total. The number of ether oxygens (including phenoxy) is 1. The average molecular weight is 590 g/mol. The fraction of sp³-hybridized carbons (Fsp3) is 0.409. The van der Waals surface area contributed by atoms with Gasteiger partial charge in [-0.2, -0.15) is 0 Å². The van der Waals surface area contributed by atoms with E-state index in [2.05, 4.69) is 81.6 Å². The molecule has 2 aliphatic carbocycles. The number of rotatable bonds is 1. The molecule has 27 heavy (non-hydrogen) atoms. The van der Waals surface area contributed by atoms with Crippen LogP contribution in [0.3, 0.4) is 0 Å². The zero-order valence-electron chi connectivity index (χ0n) is 15.4. The minimum atomic E-state index is -0.217. The Morgan fingerprint density at radius 3 is 2.15 bits per heavy atom. The number of benzene rings is 2. The van der Waals surface area contributed by atoms with Gasteiger partial charge in [-0.25, -0.2) is 0 Å². The van der Waals surface area contributed by atoms with Crippen molar-refractivity contribution in [2.24, 2.45) is 0 Å². The Hall–Kier alpha value is -0.670. The molecular weight excluding hydrogens is 566 g/mol. The van der Waals surface area contributed by atoms with Crippen LogP contribution in [0.1, 0.15) is 67.1 Å². The molecule has 2 aliphatic rings. The van der Waals surface area contributed by atoms with Crippen molar-refractivity contribution in [3.63, 3.8) is 0 Å². The summed E-state index contributed by atoms with van der Waals surface area (Å²) in [6.07, 6.45) is 6.08. The van der Waals surface area contributed by atoms with Crippen molar-refractivity contribution in [1.29, 1.82) is 0 Å². The third-order valence-corrected chi connectivity index (χ3v) is 6.40. The summed E-state index contributed by atoms with van der Waals surface area (Å²) in [6.45, 7) is 1.47. The topological polar surface area (TPSA) is 46.5 Å². The summed E-state index contributed by atoms with van der Waals surface area (Å²) in [5.74, 6) is -0.189. The number of fused-ring (bicyclic) bond motifs is 2. The van der Waals surface area contributed by atoms with E-state index in [1.165, 1.54) is 30.8 Å². The van der Waals surface area contributed by atoms with Gasteiger partial charge in [0, 0.05) is 14.1 Å². The van der Waals surface area contributed by atoms with Crippen LogP contribution in [0.5, 0.6) is 0 Å². The zero-order chi connectivity index (χ0) is 19.4. The molecule has 2 unspecified atom stereocenters. The van der Waals surface area contributed by atoms with E-state index in [0.717, 1.165) is 44.1 Å². The Labute approximate surface area is 188 Å². The van der Waals surface area contributed by atoms with Crippen molar-refractivity contribution >= 4 is 51.2 Å². The first kappa shape index (κ1) is 21.0. The number of hydrogen-bond acceptors (Lipinski definition) is 3. The molecule has 0 saturated heterocycles. The first-order chi connectivity index (χ1) is 12.9. The molecule has 144 valence electrons. The lowest BCUT2D eigenvalue weighted by atomic mass is 9.89. The average Bonchev–Trinajstić information content (AvgIpc) is 2.62. The van der Waals surface area contributed by atoms with Crippen LogP contribution in [0.15, 0.2) is 36.4 Å². The maximum atomic E-state index is 11.0. The number of carbonyl (C=O) groups excluding carboxylic acids is 1. The second kappa shape index (κ2) is 9.69. The minimum absolute atomic E-state index is 0.0248. The van der Waals surface area contributed by atoms with Gasteiger partial charge in [0.25, 0.3) is 0 Å². The number of halogens is 2. The van der Waals surface area contributed by atoms with E-state index in [4.69, 9.17) is 4.74 Å². The summed E-state index contributed by atoms with van der Waals surface area (Å²) in [5, 5.41) is 9.65. The smallest absolute Gasteiger partial charge is 0.303 e. The Morgan fingerprint density at radius 2 is 1.52 bits per heavy atom. The molecule has 0 radical (unpaired) electrons. The molecule has 2 aromatic rings. The van der Waals surface area contributed by atoms with Crippen molar-refractivity contribution in [1.82, 2.24) is 0 Å². The quantitative estimate of drug-likeness (QED) is 0.333. The van der Waals surface area contributed by atoms with Crippen molar-refractivity contribution in [3.8, 4) is 0 Å². The summed E-state index contributed by atoms with van der Waals surface area (Å²) in [4.78, 5) is 11.0. The van der Waals surface area contributed by atoms with Crippen LogP contribution in [0, 0.1) is 7.14 Å². The molecule has 0 heterocycles. The van der Waals surface area contributed by atoms with Gasteiger partial charge in [-0.15, -0.1) is 0 Å². The van der Waals surface area contributed by atoms with Gasteiger partial charge in [-0.1, -0.05) is 12.1 Å². The number of esters is 1. The summed E-state index contributed by atoms with van der Waals surface area (Å²) >= 11 is 4.62. The van der Waals surface area contributed by atoms with Gasteiger partial charge in [0.15, 0.2) is 0 Å². The van der Waals surface area contributed by atoms with E-state index >= 15 is 0 Å². The summed E-state index contributed by atoms with van der Waals surface area (Å²) < 4.78 is 7.83. The lowest BCUT2D eigenvalue weighted by Crippen LogP contribution is -2.15. The Morgan fingerprint density at radius 1 is 0.963 bits per heavy atom. The van der Waals surface area contributed by atoms with Crippen LogP contribution in [0.2, 0.25) is 0 Å². The van der Waals surface area contributed by atoms with Crippen LogP contribution in [-0.4, -0.2) is 11.1 Å². The van der Waals surface area contributed by atoms with Gasteiger partial charge < -0.3 is 9.84 Å². The van der Waals surface area contributed by atoms with Crippen molar-refractivity contribution in [3.05, 3.63) is 65.8 Å². The van der Waals surface area contributed by atoms with Crippen LogP contribution in [0.25, 0.3) is 0 Å². The molecule has 0 fully saturated rings. The standard InChI is InChI=1S/C12H13IO2.C10H11IO/c1-8(14)15-12-4-2-3-9-7-10(13)5-6-11(9)12;11-8-4-5-9-7(6-8)2-1-3-10(9)12/h5-7,12H,2-4H2,1H3;4-6,10,12H,1-3H2. The van der Waals surface area contributed by atoms with Crippen LogP contribution >= 0.6 is 45.2 Å². The molecule has 4 rings (SSSR count). The molecule has 2 atom stereocenters. The molecule has 0 bridgehead atoms. The van der Waals surface area contributed by atoms with E-state index in [1.807, 2.05) is 0 Å². The van der Waals surface area contributed by atoms with Crippen LogP contribution < -0.4 is 0 Å². The Kier molecular flexibility index (Phi) is 7.56. The second-order valence-electron chi connectivity index (χ2n) is 7.08. The molecule has 1 N–H and O–H groups in total. The number of aliphatic hydroxyl groups is 1. The van der Waals surface area contributed by atoms with E-state index in [-0.39, 0.29) is 18.2 Å². The fourth-order valence-corrected chi connectivity index (χ4v) is 4.93. The lowest BCUT2D eigenvalue weighted by Gasteiger charge is -2.25. The van der Waals surface area contributed by atoms with Crippen LogP contribution in [-0.2, 0) is 22.4 Å². The number of hydrogen-bond donors (Lipinski definition) is 1. The summed E-state index contributed by atoms with van der Waals surface area (Å²) in [5.41, 5.74) is 5.00. The molecule has 0 saturated carbocycles. The highest BCUT2D eigenvalue weighted by Crippen LogP contribution is 2.33. The molecule has 0 amide bonds. The highest BCUT2D eigenvalue weighted by Gasteiger charge is 2.22. The van der Waals surface area contributed by atoms with E-state index in [9.17, 15) is 9.90 Å². The Balaban J connectivity index is 0.000000159. The third kappa shape index (κ3) is 5.67. The normalized spacial score (nSPS) is 20.6. The van der Waals surface area contributed by atoms with Gasteiger partial charge in [0.2, 0.25) is 0 Å². The van der Waals surface area contributed by atoms with Crippen molar-refractivity contribution in [2.45, 2.75) is 57.7 Å². The van der Waals surface area contributed by atoms with Gasteiger partial charge in [-0.3, -0.25) is 4.79 Å². The maximum Gasteiger partial charge on any atom is 0.303 e. The maximum absolute atomic E-state index is 11.0. The van der Waals surface area contributed by atoms with Crippen molar-refractivity contribution < 1.29 is 14.6 Å². The second-order valence-corrected chi connectivity index (χ2v) is 9.58. The first-order valence-corrected chi connectivity index (χ1v) is 11.5. The van der Waals surface area contributed by atoms with Crippen LogP contribution in [0.4, 0.5) is 0 Å². The highest BCUT2D eigenvalue weighted by molar-refractivity contribution is 14.1. The molecular formula is C22H24I2O3. The molecule has 0 aromatic heterocycles. The summed E-state index contributed by atoms with van der Waals surface area (Å²) in [7, 11) is 0. The van der Waals surface area contributed by atoms with E-state index in [1.54, 1.807) is 0 Å². The predicted molar refractivity (Wildman–Crippen MR) is 124 cm³/mol. The van der Waals surface area contributed by atoms with Gasteiger partial charge in [0.1, 0.15) is 6.10 Å². The number of carbonyl (C=O) groups is 1. The minimum Gasteiger partial charge on any atom is -0.458 e. The largest absolute Gasteiger partial charge is 0.458 e.